The van der Waals surface area contributed by atoms with Crippen molar-refractivity contribution < 1.29 is 23.4 Å². The molecule has 0 fully saturated rings. The fourth-order valence-electron chi connectivity index (χ4n) is 1.91. The normalized spacial score (nSPS) is 10.5. The zero-order chi connectivity index (χ0) is 15.4. The van der Waals surface area contributed by atoms with E-state index in [1.165, 1.54) is 14.2 Å². The van der Waals surface area contributed by atoms with Crippen molar-refractivity contribution in [3.05, 3.63) is 35.2 Å². The number of aromatic nitrogens is 1. The van der Waals surface area contributed by atoms with Crippen LogP contribution in [0.5, 0.6) is 5.75 Å². The SMILES string of the molecule is COCc1nc(-c2ccc(C)c(OC)c2)oc1C(=O)OC. The molecule has 0 N–H and O–H groups in total. The van der Waals surface area contributed by atoms with Crippen molar-refractivity contribution in [1.29, 1.82) is 0 Å². The molecule has 0 spiro atoms. The van der Waals surface area contributed by atoms with Crippen LogP contribution in [-0.2, 0) is 16.1 Å². The van der Waals surface area contributed by atoms with Crippen LogP contribution in [0.15, 0.2) is 22.6 Å². The number of hydrogen-bond donors (Lipinski definition) is 0. The molecule has 2 aromatic rings. The molecule has 1 aromatic heterocycles. The van der Waals surface area contributed by atoms with Crippen molar-refractivity contribution >= 4 is 5.97 Å². The number of carbonyl (C=O) groups excluding carboxylic acids is 1. The summed E-state index contributed by atoms with van der Waals surface area (Å²) in [7, 11) is 4.40. The predicted octanol–water partition coefficient (Wildman–Crippen LogP) is 2.59. The van der Waals surface area contributed by atoms with Gasteiger partial charge in [-0.15, -0.1) is 0 Å². The Hall–Kier alpha value is -2.34. The number of hydrogen-bond acceptors (Lipinski definition) is 6. The van der Waals surface area contributed by atoms with E-state index in [1.54, 1.807) is 13.2 Å². The Bertz CT molecular complexity index is 648. The molecule has 0 aliphatic carbocycles. The summed E-state index contributed by atoms with van der Waals surface area (Å²) >= 11 is 0. The summed E-state index contributed by atoms with van der Waals surface area (Å²) in [6.45, 7) is 2.10. The first kappa shape index (κ1) is 15.1. The van der Waals surface area contributed by atoms with E-state index in [0.717, 1.165) is 11.3 Å². The van der Waals surface area contributed by atoms with E-state index in [4.69, 9.17) is 13.9 Å². The summed E-state index contributed by atoms with van der Waals surface area (Å²) < 4.78 is 20.5. The van der Waals surface area contributed by atoms with Crippen molar-refractivity contribution in [1.82, 2.24) is 4.98 Å². The Labute approximate surface area is 122 Å². The van der Waals surface area contributed by atoms with E-state index >= 15 is 0 Å². The first-order valence-electron chi connectivity index (χ1n) is 6.32. The maximum Gasteiger partial charge on any atom is 0.376 e. The number of esters is 1. The monoisotopic (exact) mass is 291 g/mol. The highest BCUT2D eigenvalue weighted by Gasteiger charge is 2.21. The molecule has 0 aliphatic rings. The van der Waals surface area contributed by atoms with Crippen molar-refractivity contribution in [2.24, 2.45) is 0 Å². The lowest BCUT2D eigenvalue weighted by atomic mass is 10.1. The van der Waals surface area contributed by atoms with Gasteiger partial charge in [-0.2, -0.15) is 0 Å². The molecule has 1 heterocycles. The molecule has 0 bridgehead atoms. The van der Waals surface area contributed by atoms with Gasteiger partial charge >= 0.3 is 5.97 Å². The molecule has 0 aliphatic heterocycles. The van der Waals surface area contributed by atoms with E-state index in [1.807, 2.05) is 19.1 Å². The summed E-state index contributed by atoms with van der Waals surface area (Å²) in [5, 5.41) is 0. The minimum Gasteiger partial charge on any atom is -0.496 e. The molecule has 0 radical (unpaired) electrons. The molecular formula is C15H17NO5. The van der Waals surface area contributed by atoms with E-state index in [0.29, 0.717) is 17.1 Å². The number of aryl methyl sites for hydroxylation is 1. The van der Waals surface area contributed by atoms with Crippen LogP contribution in [0.1, 0.15) is 21.8 Å². The van der Waals surface area contributed by atoms with Crippen molar-refractivity contribution in [3.8, 4) is 17.2 Å². The van der Waals surface area contributed by atoms with Gasteiger partial charge in [0.05, 0.1) is 20.8 Å². The first-order valence-corrected chi connectivity index (χ1v) is 6.32. The van der Waals surface area contributed by atoms with Gasteiger partial charge in [0.2, 0.25) is 11.7 Å². The fraction of sp³-hybridized carbons (Fsp3) is 0.333. The largest absolute Gasteiger partial charge is 0.496 e. The Kier molecular flexibility index (Phi) is 4.59. The highest BCUT2D eigenvalue weighted by Crippen LogP contribution is 2.28. The number of oxazole rings is 1. The molecule has 0 atom stereocenters. The molecule has 6 nitrogen and oxygen atoms in total. The van der Waals surface area contributed by atoms with Gasteiger partial charge in [-0.1, -0.05) is 6.07 Å². The molecule has 0 unspecified atom stereocenters. The highest BCUT2D eigenvalue weighted by molar-refractivity contribution is 5.87. The van der Waals surface area contributed by atoms with Crippen LogP contribution in [0.3, 0.4) is 0 Å². The predicted molar refractivity (Wildman–Crippen MR) is 75.3 cm³/mol. The van der Waals surface area contributed by atoms with E-state index < -0.39 is 5.97 Å². The number of benzene rings is 1. The molecule has 0 saturated carbocycles. The quantitative estimate of drug-likeness (QED) is 0.788. The van der Waals surface area contributed by atoms with Crippen molar-refractivity contribution in [3.63, 3.8) is 0 Å². The minimum absolute atomic E-state index is 0.0499. The number of ether oxygens (including phenoxy) is 3. The summed E-state index contributed by atoms with van der Waals surface area (Å²) in [6, 6.07) is 5.55. The molecule has 21 heavy (non-hydrogen) atoms. The van der Waals surface area contributed by atoms with Gasteiger partial charge in [-0.3, -0.25) is 0 Å². The average molecular weight is 291 g/mol. The third kappa shape index (κ3) is 3.05. The molecule has 2 rings (SSSR count). The number of nitrogens with zero attached hydrogens (tertiary/aromatic N) is 1. The minimum atomic E-state index is -0.583. The molecular weight excluding hydrogens is 274 g/mol. The van der Waals surface area contributed by atoms with Gasteiger partial charge in [0.25, 0.3) is 0 Å². The Morgan fingerprint density at radius 1 is 1.29 bits per heavy atom. The van der Waals surface area contributed by atoms with Gasteiger partial charge in [0.1, 0.15) is 11.4 Å². The van der Waals surface area contributed by atoms with Gasteiger partial charge in [0, 0.05) is 12.7 Å². The zero-order valence-electron chi connectivity index (χ0n) is 12.4. The Morgan fingerprint density at radius 3 is 2.67 bits per heavy atom. The zero-order valence-corrected chi connectivity index (χ0v) is 12.4. The lowest BCUT2D eigenvalue weighted by molar-refractivity contribution is 0.0559. The van der Waals surface area contributed by atoms with Gasteiger partial charge in [-0.05, 0) is 24.6 Å². The van der Waals surface area contributed by atoms with Gasteiger partial charge in [0.15, 0.2) is 0 Å². The van der Waals surface area contributed by atoms with Crippen molar-refractivity contribution in [2.45, 2.75) is 13.5 Å². The lowest BCUT2D eigenvalue weighted by Crippen LogP contribution is -2.04. The van der Waals surface area contributed by atoms with Crippen LogP contribution in [-0.4, -0.2) is 32.3 Å². The summed E-state index contributed by atoms with van der Waals surface area (Å²) in [5.41, 5.74) is 2.11. The smallest absolute Gasteiger partial charge is 0.376 e. The van der Waals surface area contributed by atoms with E-state index in [9.17, 15) is 4.79 Å². The topological polar surface area (TPSA) is 70.8 Å². The molecule has 0 amide bonds. The summed E-state index contributed by atoms with van der Waals surface area (Å²) in [4.78, 5) is 16.0. The van der Waals surface area contributed by atoms with Crippen LogP contribution in [0.25, 0.3) is 11.5 Å². The molecule has 112 valence electrons. The lowest BCUT2D eigenvalue weighted by Gasteiger charge is -2.05. The van der Waals surface area contributed by atoms with E-state index in [-0.39, 0.29) is 12.4 Å². The van der Waals surface area contributed by atoms with E-state index in [2.05, 4.69) is 9.72 Å². The maximum atomic E-state index is 11.7. The van der Waals surface area contributed by atoms with Crippen LogP contribution in [0.4, 0.5) is 0 Å². The third-order valence-corrected chi connectivity index (χ3v) is 3.00. The van der Waals surface area contributed by atoms with Gasteiger partial charge in [-0.25, -0.2) is 9.78 Å². The molecule has 6 heteroatoms. The Balaban J connectivity index is 2.46. The van der Waals surface area contributed by atoms with Crippen LogP contribution < -0.4 is 4.74 Å². The average Bonchev–Trinajstić information content (AvgIpc) is 2.91. The number of rotatable bonds is 5. The second-order valence-electron chi connectivity index (χ2n) is 4.40. The standard InChI is InChI=1S/C15H17NO5/c1-9-5-6-10(7-12(9)19-3)14-16-11(8-18-2)13(21-14)15(17)20-4/h5-7H,8H2,1-4H3. The third-order valence-electron chi connectivity index (χ3n) is 3.00. The van der Waals surface area contributed by atoms with Crippen LogP contribution in [0, 0.1) is 6.92 Å². The van der Waals surface area contributed by atoms with Gasteiger partial charge < -0.3 is 18.6 Å². The first-order chi connectivity index (χ1) is 10.1. The molecule has 0 saturated heterocycles. The second-order valence-corrected chi connectivity index (χ2v) is 4.40. The highest BCUT2D eigenvalue weighted by atomic mass is 16.5. The second kappa shape index (κ2) is 6.41. The maximum absolute atomic E-state index is 11.7. The summed E-state index contributed by atoms with van der Waals surface area (Å²) in [6.07, 6.45) is 0. The number of methoxy groups -OCH3 is 3. The summed E-state index contributed by atoms with van der Waals surface area (Å²) in [5.74, 6) is 0.508. The number of carbonyl (C=O) groups is 1. The Morgan fingerprint density at radius 2 is 2.05 bits per heavy atom. The van der Waals surface area contributed by atoms with Crippen LogP contribution in [0.2, 0.25) is 0 Å². The molecule has 1 aromatic carbocycles. The van der Waals surface area contributed by atoms with Crippen molar-refractivity contribution in [2.75, 3.05) is 21.3 Å². The fourth-order valence-corrected chi connectivity index (χ4v) is 1.91. The van der Waals surface area contributed by atoms with Crippen LogP contribution >= 0.6 is 0 Å².